The van der Waals surface area contributed by atoms with Crippen molar-refractivity contribution in [2.45, 2.75) is 0 Å². The molecule has 1 aromatic carbocycles. The lowest BCUT2D eigenvalue weighted by atomic mass is 10.2. The number of halogens is 1. The first-order valence-corrected chi connectivity index (χ1v) is 6.31. The zero-order valence-electron chi connectivity index (χ0n) is 10.1. The Labute approximate surface area is 112 Å². The first-order valence-electron chi connectivity index (χ1n) is 5.50. The number of benzene rings is 1. The summed E-state index contributed by atoms with van der Waals surface area (Å²) in [4.78, 5) is 23.1. The number of carbonyl (C=O) groups excluding carboxylic acids is 2. The van der Waals surface area contributed by atoms with Crippen LogP contribution in [0.3, 0.4) is 0 Å². The number of nitrogens with two attached hydrogens (primary N) is 1. The summed E-state index contributed by atoms with van der Waals surface area (Å²) in [6, 6.07) is 4.53. The number of hydrogen-bond acceptors (Lipinski definition) is 4. The molecule has 5 nitrogen and oxygen atoms in total. The monoisotopic (exact) mass is 281 g/mol. The van der Waals surface area contributed by atoms with Crippen molar-refractivity contribution in [3.8, 4) is 0 Å². The number of anilines is 1. The molecule has 0 saturated heterocycles. The van der Waals surface area contributed by atoms with E-state index in [-0.39, 0.29) is 28.4 Å². The van der Waals surface area contributed by atoms with Gasteiger partial charge in [0.1, 0.15) is 10.7 Å². The van der Waals surface area contributed by atoms with Crippen LogP contribution in [-0.2, 0) is 4.79 Å². The lowest BCUT2D eigenvalue weighted by Crippen LogP contribution is -2.35. The normalized spacial score (nSPS) is 10.4. The molecular formula is C12H12FN3O2S. The Morgan fingerprint density at radius 1 is 1.42 bits per heavy atom. The van der Waals surface area contributed by atoms with E-state index in [0.717, 1.165) is 11.3 Å². The maximum absolute atomic E-state index is 13.6. The predicted molar refractivity (Wildman–Crippen MR) is 72.6 cm³/mol. The van der Waals surface area contributed by atoms with E-state index in [1.165, 1.54) is 13.1 Å². The van der Waals surface area contributed by atoms with E-state index in [2.05, 4.69) is 10.6 Å². The second kappa shape index (κ2) is 5.23. The first kappa shape index (κ1) is 13.3. The SMILES string of the molecule is CNC(=O)CNC(=O)c1sc2cccc(F)c2c1N. The van der Waals surface area contributed by atoms with Crippen molar-refractivity contribution >= 4 is 38.9 Å². The van der Waals surface area contributed by atoms with E-state index in [1.807, 2.05) is 0 Å². The summed E-state index contributed by atoms with van der Waals surface area (Å²) in [6.45, 7) is -0.147. The fourth-order valence-electron chi connectivity index (χ4n) is 1.63. The fraction of sp³-hybridized carbons (Fsp3) is 0.167. The summed E-state index contributed by atoms with van der Waals surface area (Å²) in [5, 5.41) is 5.06. The van der Waals surface area contributed by atoms with Crippen LogP contribution in [0.1, 0.15) is 9.67 Å². The van der Waals surface area contributed by atoms with Gasteiger partial charge in [-0.3, -0.25) is 9.59 Å². The molecule has 0 aliphatic carbocycles. The van der Waals surface area contributed by atoms with Gasteiger partial charge in [-0.05, 0) is 12.1 Å². The highest BCUT2D eigenvalue weighted by Crippen LogP contribution is 2.35. The van der Waals surface area contributed by atoms with Gasteiger partial charge in [0.05, 0.1) is 17.6 Å². The summed E-state index contributed by atoms with van der Waals surface area (Å²) >= 11 is 1.10. The summed E-state index contributed by atoms with van der Waals surface area (Å²) in [7, 11) is 1.47. The van der Waals surface area contributed by atoms with E-state index in [4.69, 9.17) is 5.73 Å². The van der Waals surface area contributed by atoms with Crippen LogP contribution in [0.5, 0.6) is 0 Å². The van der Waals surface area contributed by atoms with Gasteiger partial charge >= 0.3 is 0 Å². The van der Waals surface area contributed by atoms with Crippen molar-refractivity contribution in [2.75, 3.05) is 19.3 Å². The molecule has 0 radical (unpaired) electrons. The van der Waals surface area contributed by atoms with Crippen molar-refractivity contribution in [3.05, 3.63) is 28.9 Å². The molecule has 2 amide bonds. The molecule has 2 aromatic rings. The van der Waals surface area contributed by atoms with Gasteiger partial charge < -0.3 is 16.4 Å². The Balaban J connectivity index is 2.30. The van der Waals surface area contributed by atoms with Gasteiger partial charge in [-0.25, -0.2) is 4.39 Å². The van der Waals surface area contributed by atoms with E-state index in [1.54, 1.807) is 12.1 Å². The van der Waals surface area contributed by atoms with Crippen LogP contribution in [0.25, 0.3) is 10.1 Å². The van der Waals surface area contributed by atoms with Gasteiger partial charge in [0, 0.05) is 11.7 Å². The van der Waals surface area contributed by atoms with Crippen molar-refractivity contribution in [2.24, 2.45) is 0 Å². The van der Waals surface area contributed by atoms with Crippen molar-refractivity contribution in [3.63, 3.8) is 0 Å². The van der Waals surface area contributed by atoms with Crippen molar-refractivity contribution in [1.29, 1.82) is 0 Å². The highest BCUT2D eigenvalue weighted by Gasteiger charge is 2.18. The molecule has 0 spiro atoms. The highest BCUT2D eigenvalue weighted by atomic mass is 32.1. The van der Waals surface area contributed by atoms with E-state index >= 15 is 0 Å². The number of rotatable bonds is 3. The molecule has 0 aliphatic heterocycles. The van der Waals surface area contributed by atoms with Crippen molar-refractivity contribution in [1.82, 2.24) is 10.6 Å². The summed E-state index contributed by atoms with van der Waals surface area (Å²) in [5.74, 6) is -1.27. The van der Waals surface area contributed by atoms with E-state index in [0.29, 0.717) is 4.70 Å². The van der Waals surface area contributed by atoms with Gasteiger partial charge in [-0.1, -0.05) is 6.07 Å². The molecule has 1 heterocycles. The number of hydrogen-bond donors (Lipinski definition) is 3. The quantitative estimate of drug-likeness (QED) is 0.787. The number of nitrogens with one attached hydrogen (secondary N) is 2. The average Bonchev–Trinajstić information content (AvgIpc) is 2.74. The molecule has 2 rings (SSSR count). The van der Waals surface area contributed by atoms with Gasteiger partial charge in [0.2, 0.25) is 5.91 Å². The number of amides is 2. The topological polar surface area (TPSA) is 84.2 Å². The number of thiophene rings is 1. The Morgan fingerprint density at radius 2 is 2.16 bits per heavy atom. The van der Waals surface area contributed by atoms with Crippen LogP contribution in [0.2, 0.25) is 0 Å². The number of carbonyl (C=O) groups is 2. The van der Waals surface area contributed by atoms with Crippen LogP contribution in [0, 0.1) is 5.82 Å². The van der Waals surface area contributed by atoms with Gasteiger partial charge in [0.15, 0.2) is 0 Å². The lowest BCUT2D eigenvalue weighted by molar-refractivity contribution is -0.119. The third-order valence-electron chi connectivity index (χ3n) is 2.60. The Kier molecular flexibility index (Phi) is 3.66. The zero-order valence-corrected chi connectivity index (χ0v) is 10.9. The Bertz CT molecular complexity index is 654. The maximum atomic E-state index is 13.6. The van der Waals surface area contributed by atoms with Crippen LogP contribution >= 0.6 is 11.3 Å². The van der Waals surface area contributed by atoms with Gasteiger partial charge in [0.25, 0.3) is 5.91 Å². The summed E-state index contributed by atoms with van der Waals surface area (Å²) in [5.41, 5.74) is 5.89. The number of likely N-dealkylation sites (N-methyl/N-ethyl adjacent to an activating group) is 1. The molecule has 0 saturated carbocycles. The summed E-state index contributed by atoms with van der Waals surface area (Å²) in [6.07, 6.45) is 0. The molecule has 4 N–H and O–H groups in total. The number of nitrogen functional groups attached to an aromatic ring is 1. The molecular weight excluding hydrogens is 269 g/mol. The largest absolute Gasteiger partial charge is 0.397 e. The molecule has 0 unspecified atom stereocenters. The lowest BCUT2D eigenvalue weighted by Gasteiger charge is -2.03. The minimum atomic E-state index is -0.485. The van der Waals surface area contributed by atoms with E-state index in [9.17, 15) is 14.0 Å². The van der Waals surface area contributed by atoms with E-state index < -0.39 is 11.7 Å². The molecule has 0 aliphatic rings. The zero-order chi connectivity index (χ0) is 14.0. The van der Waals surface area contributed by atoms with Crippen LogP contribution < -0.4 is 16.4 Å². The molecule has 100 valence electrons. The minimum Gasteiger partial charge on any atom is -0.397 e. The average molecular weight is 281 g/mol. The van der Waals surface area contributed by atoms with Gasteiger partial charge in [-0.15, -0.1) is 11.3 Å². The molecule has 7 heteroatoms. The maximum Gasteiger partial charge on any atom is 0.263 e. The van der Waals surface area contributed by atoms with Crippen LogP contribution in [-0.4, -0.2) is 25.4 Å². The third kappa shape index (κ3) is 2.50. The van der Waals surface area contributed by atoms with Gasteiger partial charge in [-0.2, -0.15) is 0 Å². The molecule has 0 atom stereocenters. The molecule has 0 fully saturated rings. The Hall–Kier alpha value is -2.15. The predicted octanol–water partition coefficient (Wildman–Crippen LogP) is 1.10. The first-order chi connectivity index (χ1) is 9.04. The minimum absolute atomic E-state index is 0.104. The molecule has 1 aromatic heterocycles. The number of fused-ring (bicyclic) bond motifs is 1. The van der Waals surface area contributed by atoms with Crippen molar-refractivity contribution < 1.29 is 14.0 Å². The second-order valence-electron chi connectivity index (χ2n) is 3.81. The summed E-state index contributed by atoms with van der Waals surface area (Å²) < 4.78 is 14.2. The highest BCUT2D eigenvalue weighted by molar-refractivity contribution is 7.21. The Morgan fingerprint density at radius 3 is 2.79 bits per heavy atom. The fourth-order valence-corrected chi connectivity index (χ4v) is 2.68. The smallest absolute Gasteiger partial charge is 0.263 e. The third-order valence-corrected chi connectivity index (χ3v) is 3.77. The van der Waals surface area contributed by atoms with Crippen LogP contribution in [0.4, 0.5) is 10.1 Å². The molecule has 19 heavy (non-hydrogen) atoms. The standard InChI is InChI=1S/C12H12FN3O2S/c1-15-8(17)5-16-12(18)11-10(14)9-6(13)3-2-4-7(9)19-11/h2-4H,5,14H2,1H3,(H,15,17)(H,16,18). The van der Waals surface area contributed by atoms with Crippen LogP contribution in [0.15, 0.2) is 18.2 Å². The second-order valence-corrected chi connectivity index (χ2v) is 4.87. The molecule has 0 bridgehead atoms.